The lowest BCUT2D eigenvalue weighted by Gasteiger charge is -2.20. The number of alkyl halides is 3. The molecule has 0 saturated heterocycles. The molecule has 0 fully saturated rings. The monoisotopic (exact) mass is 849 g/mol. The van der Waals surface area contributed by atoms with Crippen LogP contribution in [0.1, 0.15) is 60.3 Å². The van der Waals surface area contributed by atoms with Crippen molar-refractivity contribution in [3.8, 4) is 11.1 Å². The Balaban J connectivity index is 0.000000150. The fraction of sp³-hybridized carbons (Fsp3) is 0.109. The van der Waals surface area contributed by atoms with Crippen molar-refractivity contribution in [1.82, 2.24) is 0 Å². The standard InChI is InChI=1S/C18H14ClNO3.C16H10Cl2O2.C12H10O2S/c1-10(9-19)18(23)20-14-8-4-7-13-15(14)17(22)12-6-3-2-5-11(12)16(13)21;17-16(18)13(19)8-9-4-3-7-11-10-5-1-2-6-12(10)15(20)14(9)11;1-2-15(13,14)12-8-7-10-5-3-4-6-11(10)9-12/h2-8,10H,9H2,1H3,(H,20,23);1-7,16H,8H2;2-9H,1H2. The topological polar surface area (TPSA) is 132 Å². The Morgan fingerprint density at radius 1 is 0.655 bits per heavy atom. The summed E-state index contributed by atoms with van der Waals surface area (Å²) in [5.41, 5.74) is 5.38. The average Bonchev–Trinajstić information content (AvgIpc) is 3.54. The minimum atomic E-state index is -3.33. The summed E-state index contributed by atoms with van der Waals surface area (Å²) in [4.78, 5) is 60.9. The first-order valence-electron chi connectivity index (χ1n) is 17.9. The number of carbonyl (C=O) groups excluding carboxylic acids is 5. The second-order valence-electron chi connectivity index (χ2n) is 13.4. The van der Waals surface area contributed by atoms with Crippen molar-refractivity contribution in [2.75, 3.05) is 11.2 Å². The van der Waals surface area contributed by atoms with Crippen LogP contribution in [0.5, 0.6) is 0 Å². The number of Topliss-reactive ketones (excluding diaryl/α,β-unsaturated/α-hetero) is 1. The van der Waals surface area contributed by atoms with Gasteiger partial charge in [-0.3, -0.25) is 24.0 Å². The van der Waals surface area contributed by atoms with Gasteiger partial charge >= 0.3 is 0 Å². The molecule has 0 bridgehead atoms. The Hall–Kier alpha value is -5.71. The number of halogens is 3. The van der Waals surface area contributed by atoms with Gasteiger partial charge in [0.25, 0.3) is 0 Å². The van der Waals surface area contributed by atoms with Gasteiger partial charge in [-0.2, -0.15) is 0 Å². The SMILES string of the molecule is C=CS(=O)(=O)c1ccc2ccccc2c1.CC(CCl)C(=O)Nc1cccc2c1C(=O)c1ccccc1C2=O.O=C1c2ccccc2-c2cccc(CC(=O)C(Cl)Cl)c21. The van der Waals surface area contributed by atoms with Crippen LogP contribution >= 0.6 is 34.8 Å². The third kappa shape index (κ3) is 8.59. The molecule has 0 spiro atoms. The summed E-state index contributed by atoms with van der Waals surface area (Å²) in [5, 5.41) is 5.62. The van der Waals surface area contributed by atoms with Crippen LogP contribution in [0, 0.1) is 5.92 Å². The van der Waals surface area contributed by atoms with E-state index in [2.05, 4.69) is 11.9 Å². The molecule has 6 aromatic rings. The molecule has 6 aromatic carbocycles. The second-order valence-corrected chi connectivity index (χ2v) is 16.7. The zero-order valence-electron chi connectivity index (χ0n) is 30.9. The predicted molar refractivity (Wildman–Crippen MR) is 229 cm³/mol. The first kappa shape index (κ1) is 41.9. The van der Waals surface area contributed by atoms with E-state index in [0.717, 1.165) is 27.3 Å². The molecule has 2 aliphatic rings. The molecule has 1 atom stereocenters. The highest BCUT2D eigenvalue weighted by atomic mass is 35.5. The molecule has 0 aliphatic heterocycles. The molecular formula is C46H34Cl3NO7S. The van der Waals surface area contributed by atoms with E-state index in [0.29, 0.717) is 39.1 Å². The average molecular weight is 851 g/mol. The van der Waals surface area contributed by atoms with Gasteiger partial charge in [-0.15, -0.1) is 11.6 Å². The largest absolute Gasteiger partial charge is 0.325 e. The summed E-state index contributed by atoms with van der Waals surface area (Å²) in [7, 11) is -3.33. The third-order valence-corrected chi connectivity index (χ3v) is 11.9. The number of rotatable bonds is 8. The van der Waals surface area contributed by atoms with E-state index >= 15 is 0 Å². The van der Waals surface area contributed by atoms with Crippen molar-refractivity contribution < 1.29 is 32.4 Å². The van der Waals surface area contributed by atoms with E-state index in [1.807, 2.05) is 54.6 Å². The van der Waals surface area contributed by atoms with Gasteiger partial charge in [0, 0.05) is 51.4 Å². The summed E-state index contributed by atoms with van der Waals surface area (Å²) >= 11 is 16.9. The van der Waals surface area contributed by atoms with Gasteiger partial charge < -0.3 is 5.32 Å². The Kier molecular flexibility index (Phi) is 12.9. The predicted octanol–water partition coefficient (Wildman–Crippen LogP) is 9.85. The van der Waals surface area contributed by atoms with Crippen molar-refractivity contribution >= 4 is 90.1 Å². The number of ketones is 4. The van der Waals surface area contributed by atoms with Crippen LogP contribution < -0.4 is 5.32 Å². The molecule has 1 N–H and O–H groups in total. The van der Waals surface area contributed by atoms with Gasteiger partial charge in [-0.25, -0.2) is 8.42 Å². The first-order chi connectivity index (χ1) is 27.8. The molecule has 8 rings (SSSR count). The molecule has 0 radical (unpaired) electrons. The molecule has 0 aromatic heterocycles. The number of hydrogen-bond acceptors (Lipinski definition) is 7. The van der Waals surface area contributed by atoms with E-state index in [1.54, 1.807) is 79.7 Å². The van der Waals surface area contributed by atoms with Crippen LogP contribution in [0.15, 0.2) is 144 Å². The van der Waals surface area contributed by atoms with Crippen LogP contribution in [0.4, 0.5) is 5.69 Å². The minimum Gasteiger partial charge on any atom is -0.325 e. The summed E-state index contributed by atoms with van der Waals surface area (Å²) in [5.74, 6) is -1.32. The number of sulfone groups is 1. The minimum absolute atomic E-state index is 0.0419. The van der Waals surface area contributed by atoms with Gasteiger partial charge in [-0.05, 0) is 45.7 Å². The maximum atomic E-state index is 12.8. The third-order valence-electron chi connectivity index (χ3n) is 9.61. The van der Waals surface area contributed by atoms with E-state index in [1.165, 1.54) is 0 Å². The van der Waals surface area contributed by atoms with Gasteiger partial charge in [0.1, 0.15) is 0 Å². The molecule has 292 valence electrons. The van der Waals surface area contributed by atoms with Crippen LogP contribution in [0.3, 0.4) is 0 Å². The summed E-state index contributed by atoms with van der Waals surface area (Å²) < 4.78 is 23.1. The maximum Gasteiger partial charge on any atom is 0.228 e. The number of amides is 1. The Labute approximate surface area is 350 Å². The zero-order chi connectivity index (χ0) is 41.7. The molecular weight excluding hydrogens is 817 g/mol. The fourth-order valence-electron chi connectivity index (χ4n) is 6.57. The molecule has 8 nitrogen and oxygen atoms in total. The number of nitrogens with one attached hydrogen (secondary N) is 1. The van der Waals surface area contributed by atoms with Crippen LogP contribution in [-0.2, 0) is 25.8 Å². The Morgan fingerprint density at radius 3 is 1.83 bits per heavy atom. The summed E-state index contributed by atoms with van der Waals surface area (Å²) in [6.45, 7) is 5.00. The number of fused-ring (bicyclic) bond motifs is 6. The van der Waals surface area contributed by atoms with Gasteiger partial charge in [0.05, 0.1) is 16.1 Å². The van der Waals surface area contributed by atoms with E-state index < -0.39 is 20.6 Å². The summed E-state index contributed by atoms with van der Waals surface area (Å²) in [6, 6.07) is 37.2. The lowest BCUT2D eigenvalue weighted by atomic mass is 9.83. The Bertz CT molecular complexity index is 2760. The summed E-state index contributed by atoms with van der Waals surface area (Å²) in [6.07, 6.45) is 0.0700. The second kappa shape index (κ2) is 17.8. The number of carbonyl (C=O) groups is 5. The lowest BCUT2D eigenvalue weighted by molar-refractivity contribution is -0.119. The quantitative estimate of drug-likeness (QED) is 0.151. The van der Waals surface area contributed by atoms with Crippen molar-refractivity contribution in [2.24, 2.45) is 5.92 Å². The van der Waals surface area contributed by atoms with Gasteiger partial charge in [0.15, 0.2) is 37.8 Å². The van der Waals surface area contributed by atoms with Crippen molar-refractivity contribution in [1.29, 1.82) is 0 Å². The highest BCUT2D eigenvalue weighted by Gasteiger charge is 2.32. The molecule has 2 aliphatic carbocycles. The number of anilines is 1. The van der Waals surface area contributed by atoms with Crippen LogP contribution in [0.25, 0.3) is 21.9 Å². The molecule has 58 heavy (non-hydrogen) atoms. The van der Waals surface area contributed by atoms with E-state index in [9.17, 15) is 32.4 Å². The van der Waals surface area contributed by atoms with E-state index in [-0.39, 0.29) is 51.8 Å². The molecule has 1 unspecified atom stereocenters. The Morgan fingerprint density at radius 2 is 1.19 bits per heavy atom. The number of hydrogen-bond donors (Lipinski definition) is 1. The lowest BCUT2D eigenvalue weighted by Crippen LogP contribution is -2.26. The van der Waals surface area contributed by atoms with Crippen LogP contribution in [-0.4, -0.2) is 48.2 Å². The molecule has 1 amide bonds. The van der Waals surface area contributed by atoms with Crippen molar-refractivity contribution in [2.45, 2.75) is 23.1 Å². The fourth-order valence-corrected chi connectivity index (χ4v) is 7.61. The van der Waals surface area contributed by atoms with Gasteiger partial charge in [-0.1, -0.05) is 146 Å². The van der Waals surface area contributed by atoms with Gasteiger partial charge in [0.2, 0.25) is 5.91 Å². The highest BCUT2D eigenvalue weighted by Crippen LogP contribution is 2.38. The molecule has 0 heterocycles. The normalized spacial score (nSPS) is 12.8. The molecule has 12 heteroatoms. The number of benzene rings is 6. The zero-order valence-corrected chi connectivity index (χ0v) is 34.0. The highest BCUT2D eigenvalue weighted by molar-refractivity contribution is 7.94. The van der Waals surface area contributed by atoms with E-state index in [4.69, 9.17) is 34.8 Å². The first-order valence-corrected chi connectivity index (χ1v) is 20.8. The smallest absolute Gasteiger partial charge is 0.228 e. The van der Waals surface area contributed by atoms with Crippen molar-refractivity contribution in [3.63, 3.8) is 0 Å². The maximum absolute atomic E-state index is 12.8. The van der Waals surface area contributed by atoms with Crippen molar-refractivity contribution in [3.05, 3.63) is 178 Å². The van der Waals surface area contributed by atoms with Crippen LogP contribution in [0.2, 0.25) is 0 Å². The molecule has 0 saturated carbocycles.